The molecule has 4 atom stereocenters. The summed E-state index contributed by atoms with van der Waals surface area (Å²) in [6.07, 6.45) is -1.10. The molecule has 0 aromatic carbocycles. The molecule has 0 spiro atoms. The molecule has 3 amide bonds. The van der Waals surface area contributed by atoms with Gasteiger partial charge in [-0.25, -0.2) is 0 Å². The average Bonchev–Trinajstić information content (AvgIpc) is 2.41. The Bertz CT molecular complexity index is 389. The molecule has 0 saturated carbocycles. The molecule has 0 aliphatic carbocycles. The van der Waals surface area contributed by atoms with E-state index in [1.54, 1.807) is 13.8 Å². The third-order valence-electron chi connectivity index (χ3n) is 2.91. The first kappa shape index (κ1) is 19.8. The molecule has 0 radical (unpaired) electrons. The van der Waals surface area contributed by atoms with Gasteiger partial charge in [-0.15, -0.1) is 0 Å². The standard InChI is InChI=1S/C12H24N4O4S/c1-5(2)8(13)11(19)15-7(4-21)10(18)16-12(20)9(14)6(3)17/h5-9,17,21H,4,13-14H2,1-3H3,(H,15,19)(H,16,18,20)/t6-,7+,8+,9+/m1/s1. The van der Waals surface area contributed by atoms with Crippen LogP contribution in [0.25, 0.3) is 0 Å². The lowest BCUT2D eigenvalue weighted by molar-refractivity contribution is -0.135. The number of nitrogens with two attached hydrogens (primary N) is 2. The summed E-state index contributed by atoms with van der Waals surface area (Å²) < 4.78 is 0. The molecule has 0 unspecified atom stereocenters. The highest BCUT2D eigenvalue weighted by Gasteiger charge is 2.27. The summed E-state index contributed by atoms with van der Waals surface area (Å²) in [5.74, 6) is -2.20. The van der Waals surface area contributed by atoms with Crippen LogP contribution in [0.3, 0.4) is 0 Å². The minimum atomic E-state index is -1.23. The van der Waals surface area contributed by atoms with Gasteiger partial charge in [0, 0.05) is 5.75 Å². The average molecular weight is 320 g/mol. The number of aliphatic hydroxyl groups excluding tert-OH is 1. The predicted octanol–water partition coefficient (Wildman–Crippen LogP) is -2.26. The Balaban J connectivity index is 4.64. The number of rotatable bonds is 7. The van der Waals surface area contributed by atoms with Crippen LogP contribution in [-0.4, -0.2) is 52.8 Å². The van der Waals surface area contributed by atoms with E-state index in [1.165, 1.54) is 6.92 Å². The molecule has 8 nitrogen and oxygen atoms in total. The van der Waals surface area contributed by atoms with Crippen molar-refractivity contribution in [2.45, 2.75) is 45.0 Å². The van der Waals surface area contributed by atoms with Gasteiger partial charge in [0.15, 0.2) is 0 Å². The van der Waals surface area contributed by atoms with E-state index < -0.39 is 42.0 Å². The first-order valence-corrected chi connectivity index (χ1v) is 7.20. The Labute approximate surface area is 129 Å². The molecule has 9 heteroatoms. The molecule has 122 valence electrons. The first-order valence-electron chi connectivity index (χ1n) is 6.57. The van der Waals surface area contributed by atoms with Gasteiger partial charge in [-0.05, 0) is 12.8 Å². The second-order valence-corrected chi connectivity index (χ2v) is 5.50. The van der Waals surface area contributed by atoms with Gasteiger partial charge in [-0.3, -0.25) is 19.7 Å². The lowest BCUT2D eigenvalue weighted by Crippen LogP contribution is -2.57. The molecular weight excluding hydrogens is 296 g/mol. The summed E-state index contributed by atoms with van der Waals surface area (Å²) in [4.78, 5) is 35.2. The van der Waals surface area contributed by atoms with E-state index >= 15 is 0 Å². The van der Waals surface area contributed by atoms with Gasteiger partial charge in [0.05, 0.1) is 12.1 Å². The zero-order chi connectivity index (χ0) is 16.7. The number of carbonyl (C=O) groups is 3. The smallest absolute Gasteiger partial charge is 0.250 e. The van der Waals surface area contributed by atoms with Gasteiger partial charge in [0.2, 0.25) is 17.7 Å². The summed E-state index contributed by atoms with van der Waals surface area (Å²) in [6, 6.07) is -3.02. The minimum absolute atomic E-state index is 0.0143. The summed E-state index contributed by atoms with van der Waals surface area (Å²) in [6.45, 7) is 4.87. The number of thiol groups is 1. The van der Waals surface area contributed by atoms with E-state index in [-0.39, 0.29) is 11.7 Å². The maximum absolute atomic E-state index is 11.9. The molecule has 0 aromatic heterocycles. The highest BCUT2D eigenvalue weighted by molar-refractivity contribution is 7.80. The number of amides is 3. The summed E-state index contributed by atoms with van der Waals surface area (Å²) >= 11 is 3.96. The number of imide groups is 1. The Kier molecular flexibility index (Phi) is 8.48. The summed E-state index contributed by atoms with van der Waals surface area (Å²) in [5.41, 5.74) is 11.1. The van der Waals surface area contributed by atoms with Gasteiger partial charge >= 0.3 is 0 Å². The maximum atomic E-state index is 11.9. The van der Waals surface area contributed by atoms with E-state index in [4.69, 9.17) is 11.5 Å². The van der Waals surface area contributed by atoms with Crippen molar-refractivity contribution in [1.29, 1.82) is 0 Å². The molecule has 7 N–H and O–H groups in total. The quantitative estimate of drug-likeness (QED) is 0.292. The largest absolute Gasteiger partial charge is 0.391 e. The molecule has 0 aliphatic rings. The van der Waals surface area contributed by atoms with Crippen molar-refractivity contribution >= 4 is 30.4 Å². The predicted molar refractivity (Wildman–Crippen MR) is 81.4 cm³/mol. The van der Waals surface area contributed by atoms with Gasteiger partial charge in [-0.2, -0.15) is 12.6 Å². The normalized spacial score (nSPS) is 16.8. The monoisotopic (exact) mass is 320 g/mol. The van der Waals surface area contributed by atoms with Crippen molar-refractivity contribution in [3.05, 3.63) is 0 Å². The second kappa shape index (κ2) is 8.98. The fourth-order valence-corrected chi connectivity index (χ4v) is 1.53. The van der Waals surface area contributed by atoms with Gasteiger partial charge in [-0.1, -0.05) is 13.8 Å². The lowest BCUT2D eigenvalue weighted by atomic mass is 10.0. The molecule has 0 aromatic rings. The molecule has 0 aliphatic heterocycles. The number of hydrogen-bond donors (Lipinski definition) is 6. The van der Waals surface area contributed by atoms with Crippen molar-refractivity contribution in [3.8, 4) is 0 Å². The number of carbonyl (C=O) groups excluding carboxylic acids is 3. The highest BCUT2D eigenvalue weighted by atomic mass is 32.1. The zero-order valence-corrected chi connectivity index (χ0v) is 13.3. The third kappa shape index (κ3) is 6.42. The highest BCUT2D eigenvalue weighted by Crippen LogP contribution is 2.00. The van der Waals surface area contributed by atoms with Crippen LogP contribution in [0.2, 0.25) is 0 Å². The fourth-order valence-electron chi connectivity index (χ4n) is 1.28. The van der Waals surface area contributed by atoms with Crippen molar-refractivity contribution in [2.75, 3.05) is 5.75 Å². The van der Waals surface area contributed by atoms with Crippen LogP contribution in [0.4, 0.5) is 0 Å². The number of hydrogen-bond acceptors (Lipinski definition) is 7. The Morgan fingerprint density at radius 1 is 1.05 bits per heavy atom. The van der Waals surface area contributed by atoms with E-state index in [0.717, 1.165) is 0 Å². The van der Waals surface area contributed by atoms with Crippen LogP contribution in [-0.2, 0) is 14.4 Å². The van der Waals surface area contributed by atoms with Gasteiger partial charge in [0.1, 0.15) is 12.1 Å². The first-order chi connectivity index (χ1) is 9.61. The Morgan fingerprint density at radius 2 is 1.57 bits per heavy atom. The maximum Gasteiger partial charge on any atom is 0.250 e. The van der Waals surface area contributed by atoms with E-state index in [9.17, 15) is 19.5 Å². The van der Waals surface area contributed by atoms with Crippen LogP contribution >= 0.6 is 12.6 Å². The van der Waals surface area contributed by atoms with Crippen molar-refractivity contribution < 1.29 is 19.5 Å². The molecule has 0 bridgehead atoms. The van der Waals surface area contributed by atoms with Gasteiger partial charge in [0.25, 0.3) is 0 Å². The Morgan fingerprint density at radius 3 is 1.95 bits per heavy atom. The fraction of sp³-hybridized carbons (Fsp3) is 0.750. The Hall–Kier alpha value is -1.16. The number of aliphatic hydroxyl groups is 1. The SMILES string of the molecule is CC(C)[C@H](N)C(=O)N[C@@H](CS)C(=O)NC(=O)[C@@H](N)[C@@H](C)O. The van der Waals surface area contributed by atoms with Crippen molar-refractivity contribution in [3.63, 3.8) is 0 Å². The van der Waals surface area contributed by atoms with E-state index in [2.05, 4.69) is 17.9 Å². The van der Waals surface area contributed by atoms with Crippen LogP contribution in [0.5, 0.6) is 0 Å². The van der Waals surface area contributed by atoms with Crippen LogP contribution < -0.4 is 22.1 Å². The van der Waals surface area contributed by atoms with Crippen LogP contribution in [0.1, 0.15) is 20.8 Å². The molecule has 0 saturated heterocycles. The topological polar surface area (TPSA) is 148 Å². The number of nitrogens with one attached hydrogen (secondary N) is 2. The molecule has 0 heterocycles. The summed E-state index contributed by atoms with van der Waals surface area (Å²) in [7, 11) is 0. The lowest BCUT2D eigenvalue weighted by Gasteiger charge is -2.21. The molecule has 0 fully saturated rings. The van der Waals surface area contributed by atoms with Gasteiger partial charge < -0.3 is 21.9 Å². The van der Waals surface area contributed by atoms with E-state index in [1.807, 2.05) is 5.32 Å². The second-order valence-electron chi connectivity index (χ2n) is 5.13. The molecular formula is C12H24N4O4S. The molecule has 21 heavy (non-hydrogen) atoms. The third-order valence-corrected chi connectivity index (χ3v) is 3.27. The molecule has 0 rings (SSSR count). The van der Waals surface area contributed by atoms with Crippen molar-refractivity contribution in [1.82, 2.24) is 10.6 Å². The van der Waals surface area contributed by atoms with Crippen molar-refractivity contribution in [2.24, 2.45) is 17.4 Å². The van der Waals surface area contributed by atoms with E-state index in [0.29, 0.717) is 0 Å². The minimum Gasteiger partial charge on any atom is -0.391 e. The van der Waals surface area contributed by atoms with Crippen LogP contribution in [0, 0.1) is 5.92 Å². The van der Waals surface area contributed by atoms with Crippen LogP contribution in [0.15, 0.2) is 0 Å². The zero-order valence-electron chi connectivity index (χ0n) is 12.4. The summed E-state index contributed by atoms with van der Waals surface area (Å²) in [5, 5.41) is 13.6.